The average Bonchev–Trinajstić information content (AvgIpc) is 2.92. The van der Waals surface area contributed by atoms with Crippen molar-refractivity contribution in [3.8, 4) is 6.07 Å². The van der Waals surface area contributed by atoms with Gasteiger partial charge in [-0.3, -0.25) is 4.79 Å². The zero-order valence-electron chi connectivity index (χ0n) is 15.6. The number of hydrogen-bond donors (Lipinski definition) is 1. The van der Waals surface area contributed by atoms with Crippen LogP contribution in [0.2, 0.25) is 0 Å². The lowest BCUT2D eigenvalue weighted by atomic mass is 9.57. The Morgan fingerprint density at radius 1 is 1.38 bits per heavy atom. The van der Waals surface area contributed by atoms with E-state index in [0.29, 0.717) is 45.5 Å². The van der Waals surface area contributed by atoms with Gasteiger partial charge in [-0.05, 0) is 56.9 Å². The van der Waals surface area contributed by atoms with E-state index >= 15 is 0 Å². The highest BCUT2D eigenvalue weighted by molar-refractivity contribution is 5.83. The number of carbonyl (C=O) groups is 1. The Morgan fingerprint density at radius 3 is 3.04 bits per heavy atom. The standard InChI is InChI=1S/C21H29NO4/c1-19-9-7-18(23)17(21(19,24)11-5-15(19)12-22)6-10-20-8-3-2-4-16(20)13-25-14-26-20/h4,15,17,24H,2-3,5-11,13-14H2,1H3/t15-,17-,19-,20-,21+/m1/s1. The molecule has 2 saturated carbocycles. The van der Waals surface area contributed by atoms with Crippen LogP contribution in [0.15, 0.2) is 11.6 Å². The second kappa shape index (κ2) is 6.44. The van der Waals surface area contributed by atoms with E-state index in [1.54, 1.807) is 0 Å². The fourth-order valence-electron chi connectivity index (χ4n) is 6.07. The summed E-state index contributed by atoms with van der Waals surface area (Å²) in [4.78, 5) is 12.8. The van der Waals surface area contributed by atoms with Crippen LogP contribution >= 0.6 is 0 Å². The Labute approximate surface area is 155 Å². The summed E-state index contributed by atoms with van der Waals surface area (Å²) < 4.78 is 11.5. The SMILES string of the molecule is C[C@]12CCC(=O)[C@@H](CC[C@]34CCCC=C3COCO4)[C@@]1(O)CC[C@@H]2C#N. The van der Waals surface area contributed by atoms with Gasteiger partial charge in [0.05, 0.1) is 29.8 Å². The third-order valence-corrected chi connectivity index (χ3v) is 7.86. The number of rotatable bonds is 3. The van der Waals surface area contributed by atoms with E-state index in [-0.39, 0.29) is 23.2 Å². The van der Waals surface area contributed by atoms with Crippen LogP contribution in [0.5, 0.6) is 0 Å². The number of nitriles is 1. The van der Waals surface area contributed by atoms with Crippen LogP contribution in [0.3, 0.4) is 0 Å². The monoisotopic (exact) mass is 359 g/mol. The summed E-state index contributed by atoms with van der Waals surface area (Å²) in [6.07, 6.45) is 9.03. The summed E-state index contributed by atoms with van der Waals surface area (Å²) in [5.41, 5.74) is -0.647. The minimum atomic E-state index is -1.05. The normalized spacial score (nSPS) is 45.4. The fourth-order valence-corrected chi connectivity index (χ4v) is 6.07. The van der Waals surface area contributed by atoms with Gasteiger partial charge < -0.3 is 14.6 Å². The van der Waals surface area contributed by atoms with Gasteiger partial charge in [-0.15, -0.1) is 0 Å². The summed E-state index contributed by atoms with van der Waals surface area (Å²) >= 11 is 0. The van der Waals surface area contributed by atoms with Crippen LogP contribution < -0.4 is 0 Å². The van der Waals surface area contributed by atoms with E-state index in [4.69, 9.17) is 9.47 Å². The summed E-state index contributed by atoms with van der Waals surface area (Å²) in [5.74, 6) is -0.386. The highest BCUT2D eigenvalue weighted by Gasteiger charge is 2.63. The van der Waals surface area contributed by atoms with Crippen molar-refractivity contribution in [2.45, 2.75) is 75.9 Å². The van der Waals surface area contributed by atoms with Gasteiger partial charge in [0.1, 0.15) is 12.6 Å². The van der Waals surface area contributed by atoms with Crippen molar-refractivity contribution in [1.82, 2.24) is 0 Å². The zero-order valence-corrected chi connectivity index (χ0v) is 15.6. The third kappa shape index (κ3) is 2.50. The van der Waals surface area contributed by atoms with Crippen LogP contribution in [0, 0.1) is 28.6 Å². The molecule has 0 aromatic heterocycles. The molecule has 1 N–H and O–H groups in total. The number of aliphatic hydroxyl groups is 1. The van der Waals surface area contributed by atoms with Crippen LogP contribution in [0.25, 0.3) is 0 Å². The van der Waals surface area contributed by atoms with Gasteiger partial charge in [-0.25, -0.2) is 0 Å². The summed E-state index contributed by atoms with van der Waals surface area (Å²) in [6.45, 7) is 2.92. The lowest BCUT2D eigenvalue weighted by Crippen LogP contribution is -2.57. The Kier molecular flexibility index (Phi) is 4.50. The number of fused-ring (bicyclic) bond motifs is 2. The minimum Gasteiger partial charge on any atom is -0.389 e. The van der Waals surface area contributed by atoms with Crippen LogP contribution in [0.4, 0.5) is 0 Å². The zero-order chi connectivity index (χ0) is 18.4. The van der Waals surface area contributed by atoms with Crippen molar-refractivity contribution in [1.29, 1.82) is 5.26 Å². The molecule has 0 amide bonds. The van der Waals surface area contributed by atoms with E-state index in [1.807, 2.05) is 6.92 Å². The first-order valence-electron chi connectivity index (χ1n) is 10.0. The first kappa shape index (κ1) is 18.2. The summed E-state index contributed by atoms with van der Waals surface area (Å²) in [5, 5.41) is 21.1. The molecular weight excluding hydrogens is 330 g/mol. The Hall–Kier alpha value is -1.22. The van der Waals surface area contributed by atoms with Crippen molar-refractivity contribution >= 4 is 5.78 Å². The molecule has 3 aliphatic carbocycles. The fraction of sp³-hybridized carbons (Fsp3) is 0.810. The predicted molar refractivity (Wildman–Crippen MR) is 94.9 cm³/mol. The molecule has 5 nitrogen and oxygen atoms in total. The average molecular weight is 359 g/mol. The molecule has 0 unspecified atom stereocenters. The second-order valence-corrected chi connectivity index (χ2v) is 8.85. The van der Waals surface area contributed by atoms with Crippen molar-refractivity contribution < 1.29 is 19.4 Å². The van der Waals surface area contributed by atoms with E-state index < -0.39 is 11.0 Å². The van der Waals surface area contributed by atoms with E-state index in [1.165, 1.54) is 5.57 Å². The van der Waals surface area contributed by atoms with Gasteiger partial charge in [0.25, 0.3) is 0 Å². The molecule has 0 aromatic carbocycles. The number of carbonyl (C=O) groups excluding carboxylic acids is 1. The lowest BCUT2D eigenvalue weighted by molar-refractivity contribution is -0.179. The van der Waals surface area contributed by atoms with Crippen molar-refractivity contribution in [3.63, 3.8) is 0 Å². The van der Waals surface area contributed by atoms with Crippen molar-refractivity contribution in [2.75, 3.05) is 13.4 Å². The van der Waals surface area contributed by atoms with Crippen LogP contribution in [-0.4, -0.2) is 35.5 Å². The number of ether oxygens (including phenoxy) is 2. The van der Waals surface area contributed by atoms with Gasteiger partial charge in [0, 0.05) is 17.8 Å². The van der Waals surface area contributed by atoms with Gasteiger partial charge >= 0.3 is 0 Å². The van der Waals surface area contributed by atoms with Gasteiger partial charge in [0.2, 0.25) is 0 Å². The highest BCUT2D eigenvalue weighted by Crippen LogP contribution is 2.60. The quantitative estimate of drug-likeness (QED) is 0.782. The van der Waals surface area contributed by atoms with Gasteiger partial charge in [-0.1, -0.05) is 13.0 Å². The Bertz CT molecular complexity index is 667. The number of nitrogens with zero attached hydrogens (tertiary/aromatic N) is 1. The molecule has 26 heavy (non-hydrogen) atoms. The molecule has 5 heteroatoms. The van der Waals surface area contributed by atoms with Crippen LogP contribution in [-0.2, 0) is 14.3 Å². The summed E-state index contributed by atoms with van der Waals surface area (Å²) in [7, 11) is 0. The molecule has 1 saturated heterocycles. The molecule has 0 bridgehead atoms. The first-order valence-corrected chi connectivity index (χ1v) is 10.0. The Morgan fingerprint density at radius 2 is 2.23 bits per heavy atom. The second-order valence-electron chi connectivity index (χ2n) is 8.85. The van der Waals surface area contributed by atoms with Crippen LogP contribution in [0.1, 0.15) is 64.7 Å². The molecule has 142 valence electrons. The maximum atomic E-state index is 12.8. The lowest BCUT2D eigenvalue weighted by Gasteiger charge is -2.50. The number of hydrogen-bond acceptors (Lipinski definition) is 5. The topological polar surface area (TPSA) is 79.6 Å². The van der Waals surface area contributed by atoms with E-state index in [9.17, 15) is 15.2 Å². The molecular formula is C21H29NO4. The predicted octanol–water partition coefficient (Wildman–Crippen LogP) is 3.27. The Balaban J connectivity index is 1.57. The van der Waals surface area contributed by atoms with E-state index in [2.05, 4.69) is 12.1 Å². The molecule has 0 radical (unpaired) electrons. The van der Waals surface area contributed by atoms with Gasteiger partial charge in [0.15, 0.2) is 0 Å². The number of Topliss-reactive ketones (excluding diaryl/α,β-unsaturated/α-hetero) is 1. The molecule has 4 aliphatic rings. The molecule has 1 heterocycles. The minimum absolute atomic E-state index is 0.161. The molecule has 5 atom stereocenters. The van der Waals surface area contributed by atoms with E-state index in [0.717, 1.165) is 25.7 Å². The molecule has 1 aliphatic heterocycles. The molecule has 4 rings (SSSR count). The number of allylic oxidation sites excluding steroid dienone is 1. The number of ketones is 1. The van der Waals surface area contributed by atoms with Crippen molar-refractivity contribution in [2.24, 2.45) is 17.3 Å². The molecule has 0 spiro atoms. The molecule has 0 aromatic rings. The maximum absolute atomic E-state index is 12.8. The smallest absolute Gasteiger partial charge is 0.148 e. The first-order chi connectivity index (χ1) is 12.5. The largest absolute Gasteiger partial charge is 0.389 e. The highest BCUT2D eigenvalue weighted by atomic mass is 16.7. The third-order valence-electron chi connectivity index (χ3n) is 7.86. The van der Waals surface area contributed by atoms with Crippen molar-refractivity contribution in [3.05, 3.63) is 11.6 Å². The maximum Gasteiger partial charge on any atom is 0.148 e. The van der Waals surface area contributed by atoms with Gasteiger partial charge in [-0.2, -0.15) is 5.26 Å². The summed E-state index contributed by atoms with van der Waals surface area (Å²) in [6, 6.07) is 2.39. The molecule has 3 fully saturated rings.